The Labute approximate surface area is 201 Å². The highest BCUT2D eigenvalue weighted by atomic mass is 32.1. The van der Waals surface area contributed by atoms with Crippen molar-refractivity contribution in [2.24, 2.45) is 5.92 Å². The zero-order valence-electron chi connectivity index (χ0n) is 20.0. The topological polar surface area (TPSA) is 49.8 Å². The summed E-state index contributed by atoms with van der Waals surface area (Å²) in [4.78, 5) is 17.3. The minimum atomic E-state index is 0.0647. The van der Waals surface area contributed by atoms with E-state index in [0.29, 0.717) is 24.0 Å². The number of thiophene rings is 1. The van der Waals surface area contributed by atoms with Crippen LogP contribution >= 0.6 is 11.3 Å². The molecule has 2 unspecified atom stereocenters. The minimum Gasteiger partial charge on any atom is -0.508 e. The summed E-state index contributed by atoms with van der Waals surface area (Å²) in [6.07, 6.45) is 4.72. The minimum absolute atomic E-state index is 0.0647. The van der Waals surface area contributed by atoms with Gasteiger partial charge in [-0.15, -0.1) is 11.3 Å². The normalized spacial score (nSPS) is 18.7. The quantitative estimate of drug-likeness (QED) is 0.351. The molecule has 0 saturated heterocycles. The number of hydrogen-bond acceptors (Lipinski definition) is 5. The number of phenols is 1. The Morgan fingerprint density at radius 3 is 2.58 bits per heavy atom. The molecule has 1 N–H and O–H groups in total. The molecule has 1 fully saturated rings. The van der Waals surface area contributed by atoms with Gasteiger partial charge in [0.15, 0.2) is 5.78 Å². The second kappa shape index (κ2) is 10.7. The molecular weight excluding hydrogens is 430 g/mol. The SMILES string of the molecule is CCN(CC)CCOc1ccc(C(=O)c2c(C3CCCC(C)C3)sc3cc(O)ccc23)cc1. The first-order valence-corrected chi connectivity index (χ1v) is 13.1. The van der Waals surface area contributed by atoms with E-state index >= 15 is 0 Å². The molecule has 0 aliphatic heterocycles. The number of hydrogen-bond donors (Lipinski definition) is 1. The maximum atomic E-state index is 13.7. The maximum Gasteiger partial charge on any atom is 0.194 e. The lowest BCUT2D eigenvalue weighted by Gasteiger charge is -2.26. The monoisotopic (exact) mass is 465 g/mol. The van der Waals surface area contributed by atoms with Gasteiger partial charge in [0.1, 0.15) is 18.1 Å². The fraction of sp³-hybridized carbons (Fsp3) is 0.464. The Bertz CT molecular complexity index is 1080. The molecule has 1 heterocycles. The Morgan fingerprint density at radius 2 is 1.88 bits per heavy atom. The number of carbonyl (C=O) groups is 1. The van der Waals surface area contributed by atoms with Crippen LogP contribution in [0.2, 0.25) is 0 Å². The van der Waals surface area contributed by atoms with Crippen molar-refractivity contribution in [2.75, 3.05) is 26.2 Å². The van der Waals surface area contributed by atoms with Gasteiger partial charge in [-0.2, -0.15) is 0 Å². The molecule has 1 saturated carbocycles. The van der Waals surface area contributed by atoms with E-state index in [-0.39, 0.29) is 11.5 Å². The first-order valence-electron chi connectivity index (χ1n) is 12.3. The predicted octanol–water partition coefficient (Wildman–Crippen LogP) is 6.85. The van der Waals surface area contributed by atoms with E-state index < -0.39 is 0 Å². The Morgan fingerprint density at radius 1 is 1.12 bits per heavy atom. The third-order valence-corrected chi connectivity index (χ3v) is 8.24. The van der Waals surface area contributed by atoms with Crippen molar-refractivity contribution in [3.63, 3.8) is 0 Å². The molecule has 0 amide bonds. The molecule has 0 radical (unpaired) electrons. The maximum absolute atomic E-state index is 13.7. The third-order valence-electron chi connectivity index (χ3n) is 6.92. The van der Waals surface area contributed by atoms with Gasteiger partial charge < -0.3 is 14.7 Å². The van der Waals surface area contributed by atoms with Crippen LogP contribution in [-0.2, 0) is 0 Å². The molecule has 2 atom stereocenters. The van der Waals surface area contributed by atoms with E-state index in [1.54, 1.807) is 23.5 Å². The molecule has 1 aliphatic rings. The van der Waals surface area contributed by atoms with Crippen LogP contribution < -0.4 is 4.74 Å². The number of aromatic hydroxyl groups is 1. The number of likely N-dealkylation sites (N-methyl/N-ethyl adjacent to an activating group) is 1. The number of nitrogens with zero attached hydrogens (tertiary/aromatic N) is 1. The molecular formula is C28H35NO3S. The summed E-state index contributed by atoms with van der Waals surface area (Å²) >= 11 is 1.68. The summed E-state index contributed by atoms with van der Waals surface area (Å²) in [6, 6.07) is 12.9. The summed E-state index contributed by atoms with van der Waals surface area (Å²) in [6.45, 7) is 10.2. The lowest BCUT2D eigenvalue weighted by atomic mass is 9.80. The lowest BCUT2D eigenvalue weighted by molar-refractivity contribution is 0.103. The lowest BCUT2D eigenvalue weighted by Crippen LogP contribution is -2.27. The molecule has 2 aromatic carbocycles. The predicted molar refractivity (Wildman–Crippen MR) is 137 cm³/mol. The van der Waals surface area contributed by atoms with Crippen molar-refractivity contribution < 1.29 is 14.6 Å². The number of fused-ring (bicyclic) bond motifs is 1. The van der Waals surface area contributed by atoms with E-state index in [1.807, 2.05) is 30.3 Å². The molecule has 4 rings (SSSR count). The first kappa shape index (κ1) is 23.8. The molecule has 1 aromatic heterocycles. The standard InChI is InChI=1S/C28H35NO3S/c1-4-29(5-2)15-16-32-23-12-9-20(10-13-23)27(31)26-24-14-11-22(30)18-25(24)33-28(26)21-8-6-7-19(3)17-21/h9-14,18-19,21,30H,4-8,15-17H2,1-3H3. The molecule has 4 nitrogen and oxygen atoms in total. The van der Waals surface area contributed by atoms with Crippen molar-refractivity contribution in [3.05, 3.63) is 58.5 Å². The zero-order chi connectivity index (χ0) is 23.4. The zero-order valence-corrected chi connectivity index (χ0v) is 20.8. The van der Waals surface area contributed by atoms with Crippen molar-refractivity contribution in [1.82, 2.24) is 4.90 Å². The van der Waals surface area contributed by atoms with E-state index in [1.165, 1.54) is 17.7 Å². The number of ether oxygens (including phenoxy) is 1. The van der Waals surface area contributed by atoms with Crippen LogP contribution in [-0.4, -0.2) is 42.0 Å². The first-order chi connectivity index (χ1) is 16.0. The van der Waals surface area contributed by atoms with Crippen LogP contribution in [0.25, 0.3) is 10.1 Å². The van der Waals surface area contributed by atoms with Gasteiger partial charge in [0.2, 0.25) is 0 Å². The average Bonchev–Trinajstić information content (AvgIpc) is 3.20. The van der Waals surface area contributed by atoms with E-state index in [4.69, 9.17) is 4.74 Å². The fourth-order valence-corrected chi connectivity index (χ4v) is 6.36. The fourth-order valence-electron chi connectivity index (χ4n) is 4.98. The van der Waals surface area contributed by atoms with Gasteiger partial charge in [-0.3, -0.25) is 4.79 Å². The Hall–Kier alpha value is -2.37. The number of phenolic OH excluding ortho intramolecular Hbond substituents is 1. The largest absolute Gasteiger partial charge is 0.508 e. The Kier molecular flexibility index (Phi) is 7.71. The smallest absolute Gasteiger partial charge is 0.194 e. The van der Waals surface area contributed by atoms with E-state index in [2.05, 4.69) is 25.7 Å². The van der Waals surface area contributed by atoms with Crippen LogP contribution in [0.4, 0.5) is 0 Å². The van der Waals surface area contributed by atoms with Gasteiger partial charge >= 0.3 is 0 Å². The van der Waals surface area contributed by atoms with Gasteiger partial charge in [0.25, 0.3) is 0 Å². The highest BCUT2D eigenvalue weighted by Crippen LogP contribution is 2.45. The van der Waals surface area contributed by atoms with Crippen LogP contribution in [0, 0.1) is 5.92 Å². The number of benzene rings is 2. The summed E-state index contributed by atoms with van der Waals surface area (Å²) < 4.78 is 6.89. The van der Waals surface area contributed by atoms with Crippen molar-refractivity contribution in [2.45, 2.75) is 52.4 Å². The molecule has 3 aromatic rings. The molecule has 33 heavy (non-hydrogen) atoms. The third kappa shape index (κ3) is 5.42. The van der Waals surface area contributed by atoms with Gasteiger partial charge in [-0.05, 0) is 80.2 Å². The Balaban J connectivity index is 1.59. The summed E-state index contributed by atoms with van der Waals surface area (Å²) in [5.41, 5.74) is 1.51. The van der Waals surface area contributed by atoms with Crippen molar-refractivity contribution in [3.8, 4) is 11.5 Å². The number of rotatable bonds is 9. The van der Waals surface area contributed by atoms with Crippen LogP contribution in [0.15, 0.2) is 42.5 Å². The second-order valence-corrected chi connectivity index (χ2v) is 10.3. The van der Waals surface area contributed by atoms with Gasteiger partial charge in [0, 0.05) is 32.6 Å². The second-order valence-electron chi connectivity index (χ2n) is 9.22. The van der Waals surface area contributed by atoms with Crippen LogP contribution in [0.3, 0.4) is 0 Å². The van der Waals surface area contributed by atoms with E-state index in [9.17, 15) is 9.90 Å². The van der Waals surface area contributed by atoms with Gasteiger partial charge in [0.05, 0.1) is 0 Å². The summed E-state index contributed by atoms with van der Waals surface area (Å²) in [5, 5.41) is 11.0. The molecule has 5 heteroatoms. The number of ketones is 1. The van der Waals surface area contributed by atoms with Gasteiger partial charge in [-0.25, -0.2) is 0 Å². The summed E-state index contributed by atoms with van der Waals surface area (Å²) in [5.74, 6) is 2.19. The summed E-state index contributed by atoms with van der Waals surface area (Å²) in [7, 11) is 0. The highest BCUT2D eigenvalue weighted by molar-refractivity contribution is 7.19. The molecule has 0 spiro atoms. The highest BCUT2D eigenvalue weighted by Gasteiger charge is 2.29. The molecule has 176 valence electrons. The molecule has 1 aliphatic carbocycles. The van der Waals surface area contributed by atoms with Crippen molar-refractivity contribution >= 4 is 27.2 Å². The molecule has 0 bridgehead atoms. The van der Waals surface area contributed by atoms with Crippen LogP contribution in [0.1, 0.15) is 73.2 Å². The van der Waals surface area contributed by atoms with Crippen LogP contribution in [0.5, 0.6) is 11.5 Å². The van der Waals surface area contributed by atoms with E-state index in [0.717, 1.165) is 53.9 Å². The number of carbonyl (C=O) groups excluding carboxylic acids is 1. The van der Waals surface area contributed by atoms with Gasteiger partial charge in [-0.1, -0.05) is 33.6 Å². The van der Waals surface area contributed by atoms with Crippen molar-refractivity contribution in [1.29, 1.82) is 0 Å². The average molecular weight is 466 g/mol.